The van der Waals surface area contributed by atoms with Crippen LogP contribution < -0.4 is 21.7 Å². The standard InChI is InChI=1S/C25H41N4O6P/c1-16(2)22(29-20(30)11-6-17(3)34-13-12-25(4,5)26)23(32)27-14-21(31)28-19-9-7-18(8-10-19)15-35-24(33)36/h7-10,16-17,22H,6,11-15,26,36H2,1-5H3,(H,27,32)(H,28,31)(H,29,30). The smallest absolute Gasteiger partial charge is 0.320 e. The highest BCUT2D eigenvalue weighted by atomic mass is 31.0. The topological polar surface area (TPSA) is 149 Å². The predicted octanol–water partition coefficient (Wildman–Crippen LogP) is 2.71. The lowest BCUT2D eigenvalue weighted by molar-refractivity contribution is -0.131. The van der Waals surface area contributed by atoms with Crippen LogP contribution in [0.2, 0.25) is 0 Å². The largest absolute Gasteiger partial charge is 0.458 e. The van der Waals surface area contributed by atoms with E-state index in [4.69, 9.17) is 15.2 Å². The number of nitrogens with two attached hydrogens (primary N) is 1. The van der Waals surface area contributed by atoms with E-state index in [9.17, 15) is 19.2 Å². The van der Waals surface area contributed by atoms with E-state index < -0.39 is 23.6 Å². The maximum absolute atomic E-state index is 12.6. The Morgan fingerprint density at radius 3 is 2.25 bits per heavy atom. The average Bonchev–Trinajstić information content (AvgIpc) is 2.78. The van der Waals surface area contributed by atoms with Crippen LogP contribution >= 0.6 is 9.24 Å². The molecule has 1 aromatic carbocycles. The van der Waals surface area contributed by atoms with Crippen LogP contribution in [-0.4, -0.2) is 54.3 Å². The third-order valence-corrected chi connectivity index (χ3v) is 5.40. The Morgan fingerprint density at radius 2 is 1.69 bits per heavy atom. The summed E-state index contributed by atoms with van der Waals surface area (Å²) in [5, 5.41) is 8.02. The lowest BCUT2D eigenvalue weighted by atomic mass is 10.0. The summed E-state index contributed by atoms with van der Waals surface area (Å²) < 4.78 is 10.6. The third-order valence-electron chi connectivity index (χ3n) is 5.23. The minimum absolute atomic E-state index is 0.108. The van der Waals surface area contributed by atoms with Crippen LogP contribution in [0.15, 0.2) is 24.3 Å². The highest BCUT2D eigenvalue weighted by molar-refractivity contribution is 7.39. The molecule has 0 saturated heterocycles. The van der Waals surface area contributed by atoms with Crippen LogP contribution in [0.25, 0.3) is 0 Å². The van der Waals surface area contributed by atoms with Crippen molar-refractivity contribution in [3.63, 3.8) is 0 Å². The molecule has 202 valence electrons. The van der Waals surface area contributed by atoms with Crippen LogP contribution in [0.1, 0.15) is 59.4 Å². The van der Waals surface area contributed by atoms with E-state index in [1.165, 1.54) is 0 Å². The summed E-state index contributed by atoms with van der Waals surface area (Å²) in [6, 6.07) is 6.02. The van der Waals surface area contributed by atoms with E-state index in [0.717, 1.165) is 5.56 Å². The van der Waals surface area contributed by atoms with E-state index >= 15 is 0 Å². The number of carbonyl (C=O) groups is 4. The van der Waals surface area contributed by atoms with Crippen molar-refractivity contribution in [2.75, 3.05) is 18.5 Å². The van der Waals surface area contributed by atoms with Gasteiger partial charge in [-0.05, 0) is 66.5 Å². The summed E-state index contributed by atoms with van der Waals surface area (Å²) in [5.74, 6) is -1.26. The number of hydrogen-bond donors (Lipinski definition) is 4. The first-order valence-corrected chi connectivity index (χ1v) is 12.6. The number of nitrogens with one attached hydrogen (secondary N) is 3. The molecule has 0 saturated carbocycles. The summed E-state index contributed by atoms with van der Waals surface area (Å²) in [5.41, 5.74) is 6.49. The fraction of sp³-hybridized carbons (Fsp3) is 0.600. The molecule has 5 N–H and O–H groups in total. The van der Waals surface area contributed by atoms with Crippen molar-refractivity contribution in [3.05, 3.63) is 29.8 Å². The second-order valence-electron chi connectivity index (χ2n) is 9.82. The zero-order chi connectivity index (χ0) is 27.3. The lowest BCUT2D eigenvalue weighted by Gasteiger charge is -2.22. The molecule has 0 fully saturated rings. The van der Waals surface area contributed by atoms with Gasteiger partial charge in [0.25, 0.3) is 0 Å². The number of carbonyl (C=O) groups excluding carboxylic acids is 4. The molecule has 0 bridgehead atoms. The maximum Gasteiger partial charge on any atom is 0.320 e. The quantitative estimate of drug-likeness (QED) is 0.258. The van der Waals surface area contributed by atoms with Gasteiger partial charge in [-0.3, -0.25) is 14.4 Å². The highest BCUT2D eigenvalue weighted by Crippen LogP contribution is 2.12. The van der Waals surface area contributed by atoms with E-state index in [-0.39, 0.29) is 43.0 Å². The zero-order valence-corrected chi connectivity index (χ0v) is 23.0. The maximum atomic E-state index is 12.6. The Balaban J connectivity index is 2.44. The van der Waals surface area contributed by atoms with E-state index in [0.29, 0.717) is 25.1 Å². The van der Waals surface area contributed by atoms with Crippen LogP contribution in [0.5, 0.6) is 0 Å². The number of amides is 3. The van der Waals surface area contributed by atoms with Gasteiger partial charge in [-0.15, -0.1) is 0 Å². The van der Waals surface area contributed by atoms with Crippen molar-refractivity contribution in [1.29, 1.82) is 0 Å². The molecule has 11 heteroatoms. The Labute approximate surface area is 216 Å². The minimum atomic E-state index is -0.765. The van der Waals surface area contributed by atoms with E-state index in [2.05, 4.69) is 16.0 Å². The number of benzene rings is 1. The van der Waals surface area contributed by atoms with Gasteiger partial charge >= 0.3 is 5.71 Å². The normalized spacial score (nSPS) is 13.0. The van der Waals surface area contributed by atoms with Crippen molar-refractivity contribution >= 4 is 38.4 Å². The fourth-order valence-corrected chi connectivity index (χ4v) is 3.13. The van der Waals surface area contributed by atoms with Gasteiger partial charge in [0.1, 0.15) is 12.6 Å². The number of ether oxygens (including phenoxy) is 2. The molecule has 3 atom stereocenters. The van der Waals surface area contributed by atoms with Gasteiger partial charge < -0.3 is 31.2 Å². The average molecular weight is 525 g/mol. The molecule has 0 heterocycles. The van der Waals surface area contributed by atoms with Gasteiger partial charge in [0, 0.05) is 24.3 Å². The highest BCUT2D eigenvalue weighted by Gasteiger charge is 2.24. The van der Waals surface area contributed by atoms with Crippen molar-refractivity contribution < 1.29 is 28.7 Å². The molecule has 36 heavy (non-hydrogen) atoms. The molecule has 0 radical (unpaired) electrons. The molecule has 0 aliphatic heterocycles. The summed E-state index contributed by atoms with van der Waals surface area (Å²) in [4.78, 5) is 48.1. The predicted molar refractivity (Wildman–Crippen MR) is 142 cm³/mol. The Hall–Kier alpha value is -2.55. The van der Waals surface area contributed by atoms with Crippen LogP contribution in [-0.2, 0) is 30.5 Å². The van der Waals surface area contributed by atoms with Crippen LogP contribution in [0.3, 0.4) is 0 Å². The minimum Gasteiger partial charge on any atom is -0.458 e. The molecule has 0 aliphatic carbocycles. The Morgan fingerprint density at radius 1 is 1.06 bits per heavy atom. The molecule has 3 amide bonds. The van der Waals surface area contributed by atoms with Gasteiger partial charge in [-0.1, -0.05) is 26.0 Å². The summed E-state index contributed by atoms with van der Waals surface area (Å²) in [6.45, 7) is 9.81. The second-order valence-corrected chi connectivity index (χ2v) is 10.3. The number of anilines is 1. The summed E-state index contributed by atoms with van der Waals surface area (Å²) in [7, 11) is 1.93. The van der Waals surface area contributed by atoms with Gasteiger partial charge in [0.15, 0.2) is 0 Å². The van der Waals surface area contributed by atoms with E-state index in [1.54, 1.807) is 24.3 Å². The number of hydrogen-bond acceptors (Lipinski definition) is 7. The van der Waals surface area contributed by atoms with Gasteiger partial charge in [-0.25, -0.2) is 4.79 Å². The molecule has 3 unspecified atom stereocenters. The van der Waals surface area contributed by atoms with Crippen molar-refractivity contribution in [2.24, 2.45) is 11.7 Å². The molecule has 10 nitrogen and oxygen atoms in total. The van der Waals surface area contributed by atoms with Crippen molar-refractivity contribution in [1.82, 2.24) is 10.6 Å². The third kappa shape index (κ3) is 14.1. The monoisotopic (exact) mass is 524 g/mol. The number of rotatable bonds is 15. The first-order valence-electron chi connectivity index (χ1n) is 12.1. The first-order chi connectivity index (χ1) is 16.8. The van der Waals surface area contributed by atoms with E-state index in [1.807, 2.05) is 43.9 Å². The SMILES string of the molecule is CC(CCC(=O)NC(C(=O)NCC(=O)Nc1ccc(COC(=O)P)cc1)C(C)C)OCCC(C)(C)N. The molecule has 1 rings (SSSR count). The van der Waals surface area contributed by atoms with Gasteiger partial charge in [0.05, 0.1) is 12.6 Å². The van der Waals surface area contributed by atoms with Crippen LogP contribution in [0.4, 0.5) is 10.5 Å². The molecule has 1 aromatic rings. The van der Waals surface area contributed by atoms with Gasteiger partial charge in [-0.2, -0.15) is 0 Å². The Bertz CT molecular complexity index is 870. The van der Waals surface area contributed by atoms with Crippen molar-refractivity contribution in [3.8, 4) is 0 Å². The molecule has 0 aromatic heterocycles. The fourth-order valence-electron chi connectivity index (χ4n) is 3.04. The first kappa shape index (κ1) is 31.5. The van der Waals surface area contributed by atoms with Crippen LogP contribution in [0, 0.1) is 5.92 Å². The molecule has 0 aliphatic rings. The second kappa shape index (κ2) is 15.5. The molecular formula is C25H41N4O6P. The summed E-state index contributed by atoms with van der Waals surface area (Å²) in [6.07, 6.45) is 1.34. The summed E-state index contributed by atoms with van der Waals surface area (Å²) >= 11 is 0. The lowest BCUT2D eigenvalue weighted by Crippen LogP contribution is -2.51. The van der Waals surface area contributed by atoms with Crippen molar-refractivity contribution in [2.45, 2.75) is 78.2 Å². The molecule has 0 spiro atoms. The zero-order valence-electron chi connectivity index (χ0n) is 21.9. The Kier molecular flexibility index (Phi) is 13.6. The van der Waals surface area contributed by atoms with Gasteiger partial charge in [0.2, 0.25) is 17.7 Å². The molecular weight excluding hydrogens is 483 g/mol.